The van der Waals surface area contributed by atoms with Crippen molar-refractivity contribution in [2.24, 2.45) is 5.92 Å². The zero-order chi connectivity index (χ0) is 16.7. The average Bonchev–Trinajstić information content (AvgIpc) is 2.60. The SMILES string of the molecule is CCCCN(C)C(=O)C1CCN(C(=O)CC2CSCCN2)CC1. The van der Waals surface area contributed by atoms with Gasteiger partial charge in [0.15, 0.2) is 0 Å². The van der Waals surface area contributed by atoms with Gasteiger partial charge in [0.05, 0.1) is 0 Å². The molecule has 1 unspecified atom stereocenters. The van der Waals surface area contributed by atoms with Gasteiger partial charge in [-0.2, -0.15) is 11.8 Å². The van der Waals surface area contributed by atoms with Crippen molar-refractivity contribution in [1.29, 1.82) is 0 Å². The van der Waals surface area contributed by atoms with Crippen molar-refractivity contribution in [1.82, 2.24) is 15.1 Å². The van der Waals surface area contributed by atoms with E-state index in [1.54, 1.807) is 0 Å². The van der Waals surface area contributed by atoms with Crippen LogP contribution in [0.15, 0.2) is 0 Å². The molecule has 0 radical (unpaired) electrons. The summed E-state index contributed by atoms with van der Waals surface area (Å²) in [4.78, 5) is 28.6. The third-order valence-electron chi connectivity index (χ3n) is 4.84. The molecule has 0 aromatic carbocycles. The second kappa shape index (κ2) is 9.52. The third kappa shape index (κ3) is 5.68. The lowest BCUT2D eigenvalue weighted by Gasteiger charge is -2.34. The summed E-state index contributed by atoms with van der Waals surface area (Å²) in [5.74, 6) is 2.78. The van der Waals surface area contributed by atoms with Crippen LogP contribution < -0.4 is 5.32 Å². The van der Waals surface area contributed by atoms with Crippen LogP contribution in [0, 0.1) is 5.92 Å². The van der Waals surface area contributed by atoms with Crippen LogP contribution in [0.25, 0.3) is 0 Å². The highest BCUT2D eigenvalue weighted by molar-refractivity contribution is 7.99. The van der Waals surface area contributed by atoms with Crippen LogP contribution in [0.2, 0.25) is 0 Å². The zero-order valence-corrected chi connectivity index (χ0v) is 15.4. The van der Waals surface area contributed by atoms with Gasteiger partial charge in [0, 0.05) is 63.1 Å². The first-order chi connectivity index (χ1) is 11.1. The Balaban J connectivity index is 1.72. The molecule has 0 aromatic rings. The number of rotatable bonds is 6. The Labute approximate surface area is 144 Å². The van der Waals surface area contributed by atoms with E-state index in [0.29, 0.717) is 12.5 Å². The summed E-state index contributed by atoms with van der Waals surface area (Å²) in [7, 11) is 1.90. The predicted octanol–water partition coefficient (Wildman–Crippen LogP) is 1.58. The molecular weight excluding hydrogens is 310 g/mol. The van der Waals surface area contributed by atoms with Crippen molar-refractivity contribution in [3.05, 3.63) is 0 Å². The highest BCUT2D eigenvalue weighted by atomic mass is 32.2. The van der Waals surface area contributed by atoms with Crippen molar-refractivity contribution in [2.75, 3.05) is 44.7 Å². The van der Waals surface area contributed by atoms with Gasteiger partial charge in [-0.05, 0) is 19.3 Å². The Morgan fingerprint density at radius 2 is 2.04 bits per heavy atom. The summed E-state index contributed by atoms with van der Waals surface area (Å²) in [6.45, 7) is 5.46. The summed E-state index contributed by atoms with van der Waals surface area (Å²) in [5.41, 5.74) is 0. The highest BCUT2D eigenvalue weighted by Gasteiger charge is 2.29. The van der Waals surface area contributed by atoms with Crippen LogP contribution in [0.5, 0.6) is 0 Å². The standard InChI is InChI=1S/C17H31N3O2S/c1-3-4-8-19(2)17(22)14-5-9-20(10-6-14)16(21)12-15-13-23-11-7-18-15/h14-15,18H,3-13H2,1-2H3. The maximum absolute atomic E-state index is 12.4. The first kappa shape index (κ1) is 18.6. The van der Waals surface area contributed by atoms with Gasteiger partial charge in [-0.3, -0.25) is 9.59 Å². The van der Waals surface area contributed by atoms with Gasteiger partial charge in [-0.25, -0.2) is 0 Å². The first-order valence-corrected chi connectivity index (χ1v) is 10.1. The van der Waals surface area contributed by atoms with E-state index in [1.165, 1.54) is 0 Å². The van der Waals surface area contributed by atoms with E-state index in [-0.39, 0.29) is 17.7 Å². The van der Waals surface area contributed by atoms with E-state index in [9.17, 15) is 9.59 Å². The van der Waals surface area contributed by atoms with Gasteiger partial charge >= 0.3 is 0 Å². The first-order valence-electron chi connectivity index (χ1n) is 8.95. The maximum atomic E-state index is 12.4. The number of hydrogen-bond acceptors (Lipinski definition) is 4. The van der Waals surface area contributed by atoms with Crippen LogP contribution in [-0.2, 0) is 9.59 Å². The summed E-state index contributed by atoms with van der Waals surface area (Å²) >= 11 is 1.92. The van der Waals surface area contributed by atoms with Gasteiger partial charge in [-0.1, -0.05) is 13.3 Å². The van der Waals surface area contributed by atoms with Crippen LogP contribution in [0.1, 0.15) is 39.0 Å². The van der Waals surface area contributed by atoms with E-state index in [2.05, 4.69) is 12.2 Å². The molecule has 2 fully saturated rings. The van der Waals surface area contributed by atoms with Crippen molar-refractivity contribution < 1.29 is 9.59 Å². The fraction of sp³-hybridized carbons (Fsp3) is 0.882. The van der Waals surface area contributed by atoms with E-state index >= 15 is 0 Å². The number of nitrogens with one attached hydrogen (secondary N) is 1. The topological polar surface area (TPSA) is 52.7 Å². The predicted molar refractivity (Wildman–Crippen MR) is 95.6 cm³/mol. The van der Waals surface area contributed by atoms with Gasteiger partial charge in [0.25, 0.3) is 0 Å². The Kier molecular flexibility index (Phi) is 7.70. The number of unbranched alkanes of at least 4 members (excludes halogenated alkanes) is 1. The second-order valence-corrected chi connectivity index (χ2v) is 7.85. The molecule has 2 heterocycles. The quantitative estimate of drug-likeness (QED) is 0.797. The molecule has 2 aliphatic heterocycles. The number of likely N-dealkylation sites (tertiary alicyclic amines) is 1. The zero-order valence-electron chi connectivity index (χ0n) is 14.6. The summed E-state index contributed by atoms with van der Waals surface area (Å²) in [5, 5.41) is 3.42. The molecule has 5 nitrogen and oxygen atoms in total. The molecule has 2 amide bonds. The van der Waals surface area contributed by atoms with E-state index in [1.807, 2.05) is 28.6 Å². The molecule has 2 aliphatic rings. The monoisotopic (exact) mass is 341 g/mol. The Morgan fingerprint density at radius 1 is 1.30 bits per heavy atom. The number of piperidine rings is 1. The molecule has 2 rings (SSSR count). The molecule has 6 heteroatoms. The van der Waals surface area contributed by atoms with Crippen molar-refractivity contribution >= 4 is 23.6 Å². The molecule has 0 aliphatic carbocycles. The maximum Gasteiger partial charge on any atom is 0.225 e. The van der Waals surface area contributed by atoms with Gasteiger partial charge < -0.3 is 15.1 Å². The summed E-state index contributed by atoms with van der Waals surface area (Å²) in [6, 6.07) is 0.320. The number of carbonyl (C=O) groups excluding carboxylic acids is 2. The normalized spacial score (nSPS) is 22.9. The van der Waals surface area contributed by atoms with Gasteiger partial charge in [0.2, 0.25) is 11.8 Å². The number of amides is 2. The molecule has 0 saturated carbocycles. The van der Waals surface area contributed by atoms with E-state index in [0.717, 1.165) is 63.4 Å². The Bertz CT molecular complexity index is 391. The third-order valence-corrected chi connectivity index (χ3v) is 5.97. The lowest BCUT2D eigenvalue weighted by Crippen LogP contribution is -2.46. The van der Waals surface area contributed by atoms with Crippen molar-refractivity contribution in [3.63, 3.8) is 0 Å². The molecule has 23 heavy (non-hydrogen) atoms. The molecule has 0 spiro atoms. The summed E-state index contributed by atoms with van der Waals surface area (Å²) in [6.07, 6.45) is 4.40. The Hall–Kier alpha value is -0.750. The lowest BCUT2D eigenvalue weighted by atomic mass is 9.95. The van der Waals surface area contributed by atoms with Crippen LogP contribution >= 0.6 is 11.8 Å². The van der Waals surface area contributed by atoms with Crippen molar-refractivity contribution in [2.45, 2.75) is 45.1 Å². The van der Waals surface area contributed by atoms with Gasteiger partial charge in [-0.15, -0.1) is 0 Å². The van der Waals surface area contributed by atoms with Crippen molar-refractivity contribution in [3.8, 4) is 0 Å². The molecular formula is C17H31N3O2S. The van der Waals surface area contributed by atoms with Crippen LogP contribution in [0.4, 0.5) is 0 Å². The largest absolute Gasteiger partial charge is 0.346 e. The molecule has 0 bridgehead atoms. The van der Waals surface area contributed by atoms with E-state index in [4.69, 9.17) is 0 Å². The smallest absolute Gasteiger partial charge is 0.225 e. The van der Waals surface area contributed by atoms with E-state index < -0.39 is 0 Å². The highest BCUT2D eigenvalue weighted by Crippen LogP contribution is 2.21. The minimum atomic E-state index is 0.101. The molecule has 2 saturated heterocycles. The average molecular weight is 342 g/mol. The lowest BCUT2D eigenvalue weighted by molar-refractivity contribution is -0.140. The molecule has 132 valence electrons. The minimum absolute atomic E-state index is 0.101. The summed E-state index contributed by atoms with van der Waals surface area (Å²) < 4.78 is 0. The fourth-order valence-electron chi connectivity index (χ4n) is 3.28. The molecule has 1 atom stereocenters. The number of hydrogen-bond donors (Lipinski definition) is 1. The Morgan fingerprint density at radius 3 is 2.65 bits per heavy atom. The number of carbonyl (C=O) groups is 2. The molecule has 0 aromatic heterocycles. The van der Waals surface area contributed by atoms with Gasteiger partial charge in [0.1, 0.15) is 0 Å². The van der Waals surface area contributed by atoms with Crippen LogP contribution in [0.3, 0.4) is 0 Å². The van der Waals surface area contributed by atoms with Crippen LogP contribution in [-0.4, -0.2) is 72.4 Å². The molecule has 1 N–H and O–H groups in total. The second-order valence-electron chi connectivity index (χ2n) is 6.70. The fourth-order valence-corrected chi connectivity index (χ4v) is 4.23. The minimum Gasteiger partial charge on any atom is -0.346 e. The number of thioether (sulfide) groups is 1. The number of nitrogens with zero attached hydrogens (tertiary/aromatic N) is 2.